The third-order valence-electron chi connectivity index (χ3n) is 4.75. The van der Waals surface area contributed by atoms with Crippen LogP contribution in [0.15, 0.2) is 49.1 Å². The van der Waals surface area contributed by atoms with Crippen LogP contribution in [-0.4, -0.2) is 56.5 Å². The molecule has 7 heteroatoms. The number of carbonyl (C=O) groups excluding carboxylic acids is 1. The van der Waals surface area contributed by atoms with Gasteiger partial charge in [-0.25, -0.2) is 4.98 Å². The number of imidazole rings is 1. The van der Waals surface area contributed by atoms with Crippen molar-refractivity contribution >= 4 is 22.6 Å². The summed E-state index contributed by atoms with van der Waals surface area (Å²) in [6.07, 6.45) is 7.31. The summed E-state index contributed by atoms with van der Waals surface area (Å²) in [5, 5.41) is 0. The molecule has 130 valence electrons. The number of carbonyl (C=O) groups is 1. The van der Waals surface area contributed by atoms with Gasteiger partial charge >= 0.3 is 0 Å². The maximum atomic E-state index is 12.9. The first kappa shape index (κ1) is 15.1. The van der Waals surface area contributed by atoms with Crippen LogP contribution in [0.3, 0.4) is 0 Å². The summed E-state index contributed by atoms with van der Waals surface area (Å²) in [4.78, 5) is 26.7. The summed E-state index contributed by atoms with van der Waals surface area (Å²) in [7, 11) is 0. The fourth-order valence-corrected chi connectivity index (χ4v) is 3.33. The van der Waals surface area contributed by atoms with E-state index in [9.17, 15) is 4.79 Å². The molecule has 0 bridgehead atoms. The molecule has 1 N–H and O–H groups in total. The van der Waals surface area contributed by atoms with Crippen LogP contribution in [0.2, 0.25) is 0 Å². The first-order valence-corrected chi connectivity index (χ1v) is 8.57. The number of fused-ring (bicyclic) bond motifs is 2. The number of pyridine rings is 2. The molecule has 5 rings (SSSR count). The van der Waals surface area contributed by atoms with E-state index in [1.165, 1.54) is 0 Å². The summed E-state index contributed by atoms with van der Waals surface area (Å²) in [6, 6.07) is 7.92. The lowest BCUT2D eigenvalue weighted by Crippen LogP contribution is -2.41. The minimum absolute atomic E-state index is 0.0177. The highest BCUT2D eigenvalue weighted by atomic mass is 16.5. The van der Waals surface area contributed by atoms with Crippen LogP contribution in [-0.2, 0) is 4.74 Å². The van der Waals surface area contributed by atoms with Gasteiger partial charge in [-0.2, -0.15) is 0 Å². The van der Waals surface area contributed by atoms with E-state index < -0.39 is 0 Å². The van der Waals surface area contributed by atoms with Gasteiger partial charge in [0.25, 0.3) is 5.91 Å². The zero-order valence-electron chi connectivity index (χ0n) is 14.1. The van der Waals surface area contributed by atoms with Crippen molar-refractivity contribution in [3.63, 3.8) is 0 Å². The van der Waals surface area contributed by atoms with Crippen LogP contribution in [0.25, 0.3) is 27.8 Å². The minimum Gasteiger partial charge on any atom is -0.378 e. The fraction of sp³-hybridized carbons (Fsp3) is 0.211. The second kappa shape index (κ2) is 5.96. The van der Waals surface area contributed by atoms with Gasteiger partial charge in [-0.3, -0.25) is 14.2 Å². The number of ether oxygens (including phenoxy) is 1. The molecule has 0 atom stereocenters. The van der Waals surface area contributed by atoms with Crippen molar-refractivity contribution in [2.75, 3.05) is 26.3 Å². The second-order valence-electron chi connectivity index (χ2n) is 6.33. The Morgan fingerprint density at radius 3 is 2.85 bits per heavy atom. The van der Waals surface area contributed by atoms with Gasteiger partial charge in [0.05, 0.1) is 30.4 Å². The van der Waals surface area contributed by atoms with Crippen molar-refractivity contribution in [2.45, 2.75) is 0 Å². The molecule has 7 nitrogen and oxygen atoms in total. The molecule has 4 aromatic rings. The standard InChI is InChI=1S/C19H17N5O2/c25-19(23-5-7-26-8-6-23)17-11-22-18-2-1-13(12-24(17)18)14-9-16-15(21-10-14)3-4-20-16/h1-4,9-12,20H,5-8H2. The summed E-state index contributed by atoms with van der Waals surface area (Å²) < 4.78 is 7.19. The Hall–Kier alpha value is -3.19. The van der Waals surface area contributed by atoms with Gasteiger partial charge in [0.15, 0.2) is 0 Å². The van der Waals surface area contributed by atoms with Crippen LogP contribution in [0.1, 0.15) is 10.5 Å². The van der Waals surface area contributed by atoms with E-state index in [0.29, 0.717) is 32.0 Å². The average molecular weight is 347 g/mol. The first-order chi connectivity index (χ1) is 12.8. The molecule has 4 aromatic heterocycles. The largest absolute Gasteiger partial charge is 0.378 e. The molecular weight excluding hydrogens is 330 g/mol. The van der Waals surface area contributed by atoms with E-state index in [1.54, 1.807) is 6.20 Å². The maximum absolute atomic E-state index is 12.9. The summed E-state index contributed by atoms with van der Waals surface area (Å²) in [5.74, 6) is -0.0177. The predicted octanol–water partition coefficient (Wildman–Crippen LogP) is 2.35. The second-order valence-corrected chi connectivity index (χ2v) is 6.33. The van der Waals surface area contributed by atoms with Crippen LogP contribution >= 0.6 is 0 Å². The van der Waals surface area contributed by atoms with Gasteiger partial charge in [-0.05, 0) is 24.3 Å². The normalized spacial score (nSPS) is 15.0. The molecule has 0 saturated carbocycles. The highest BCUT2D eigenvalue weighted by molar-refractivity contribution is 5.93. The van der Waals surface area contributed by atoms with Crippen LogP contribution in [0, 0.1) is 0 Å². The SMILES string of the molecule is O=C(c1cnc2ccc(-c3cnc4cc[nH]c4c3)cn12)N1CCOCC1. The van der Waals surface area contributed by atoms with E-state index in [-0.39, 0.29) is 5.91 Å². The van der Waals surface area contributed by atoms with Gasteiger partial charge in [-0.1, -0.05) is 0 Å². The van der Waals surface area contributed by atoms with E-state index in [4.69, 9.17) is 4.74 Å². The zero-order valence-corrected chi connectivity index (χ0v) is 14.1. The van der Waals surface area contributed by atoms with Crippen molar-refractivity contribution < 1.29 is 9.53 Å². The Bertz CT molecular complexity index is 1110. The molecule has 1 aliphatic rings. The third-order valence-corrected chi connectivity index (χ3v) is 4.75. The van der Waals surface area contributed by atoms with Crippen LogP contribution in [0.4, 0.5) is 0 Å². The van der Waals surface area contributed by atoms with E-state index >= 15 is 0 Å². The fourth-order valence-electron chi connectivity index (χ4n) is 3.33. The van der Waals surface area contributed by atoms with Crippen molar-refractivity contribution in [1.29, 1.82) is 0 Å². The molecule has 0 radical (unpaired) electrons. The van der Waals surface area contributed by atoms with Crippen molar-refractivity contribution in [2.24, 2.45) is 0 Å². The van der Waals surface area contributed by atoms with Gasteiger partial charge in [0.1, 0.15) is 11.3 Å². The zero-order chi connectivity index (χ0) is 17.5. The smallest absolute Gasteiger partial charge is 0.272 e. The van der Waals surface area contributed by atoms with E-state index in [2.05, 4.69) is 21.0 Å². The highest BCUT2D eigenvalue weighted by Gasteiger charge is 2.21. The number of amides is 1. The van der Waals surface area contributed by atoms with Gasteiger partial charge in [0, 0.05) is 42.8 Å². The Balaban J connectivity index is 1.56. The number of aromatic nitrogens is 4. The van der Waals surface area contributed by atoms with Crippen molar-refractivity contribution in [3.05, 3.63) is 54.7 Å². The summed E-state index contributed by atoms with van der Waals surface area (Å²) >= 11 is 0. The van der Waals surface area contributed by atoms with Gasteiger partial charge in [-0.15, -0.1) is 0 Å². The number of aromatic amines is 1. The van der Waals surface area contributed by atoms with Crippen LogP contribution in [0.5, 0.6) is 0 Å². The first-order valence-electron chi connectivity index (χ1n) is 8.57. The number of morpholine rings is 1. The van der Waals surface area contributed by atoms with E-state index in [1.807, 2.05) is 46.1 Å². The number of H-pyrrole nitrogens is 1. The van der Waals surface area contributed by atoms with Gasteiger partial charge < -0.3 is 14.6 Å². The molecule has 0 aliphatic carbocycles. The monoisotopic (exact) mass is 347 g/mol. The Morgan fingerprint density at radius 2 is 1.96 bits per heavy atom. The average Bonchev–Trinajstić information content (AvgIpc) is 3.33. The highest BCUT2D eigenvalue weighted by Crippen LogP contribution is 2.23. The Kier molecular flexibility index (Phi) is 3.46. The van der Waals surface area contributed by atoms with E-state index in [0.717, 1.165) is 27.8 Å². The molecular formula is C19H17N5O2. The lowest BCUT2D eigenvalue weighted by Gasteiger charge is -2.26. The topological polar surface area (TPSA) is 75.5 Å². The molecule has 1 fully saturated rings. The van der Waals surface area contributed by atoms with Gasteiger partial charge in [0.2, 0.25) is 0 Å². The molecule has 0 spiro atoms. The summed E-state index contributed by atoms with van der Waals surface area (Å²) in [5.41, 5.74) is 5.20. The van der Waals surface area contributed by atoms with Crippen LogP contribution < -0.4 is 0 Å². The number of nitrogens with one attached hydrogen (secondary N) is 1. The molecule has 26 heavy (non-hydrogen) atoms. The molecule has 5 heterocycles. The minimum atomic E-state index is -0.0177. The number of rotatable bonds is 2. The Labute approximate surface area is 149 Å². The lowest BCUT2D eigenvalue weighted by atomic mass is 10.1. The molecule has 0 unspecified atom stereocenters. The van der Waals surface area contributed by atoms with Crippen molar-refractivity contribution in [3.8, 4) is 11.1 Å². The summed E-state index contributed by atoms with van der Waals surface area (Å²) in [6.45, 7) is 2.38. The molecule has 1 saturated heterocycles. The lowest BCUT2D eigenvalue weighted by molar-refractivity contribution is 0.0298. The number of hydrogen-bond donors (Lipinski definition) is 1. The molecule has 0 aromatic carbocycles. The Morgan fingerprint density at radius 1 is 1.08 bits per heavy atom. The van der Waals surface area contributed by atoms with Crippen molar-refractivity contribution in [1.82, 2.24) is 24.3 Å². The predicted molar refractivity (Wildman–Crippen MR) is 97.0 cm³/mol. The number of hydrogen-bond acceptors (Lipinski definition) is 4. The maximum Gasteiger partial charge on any atom is 0.272 e. The molecule has 1 aliphatic heterocycles. The third kappa shape index (κ3) is 2.44. The quantitative estimate of drug-likeness (QED) is 0.604. The molecule has 1 amide bonds. The number of nitrogens with zero attached hydrogens (tertiary/aromatic N) is 4.